The van der Waals surface area contributed by atoms with E-state index in [1.807, 2.05) is 0 Å². The van der Waals surface area contributed by atoms with Crippen molar-refractivity contribution in [2.45, 2.75) is 29.8 Å². The summed E-state index contributed by atoms with van der Waals surface area (Å²) in [5, 5.41) is 8.77. The minimum atomic E-state index is -1.45. The number of aromatic carboxylic acids is 1. The molecule has 1 aromatic heterocycles. The molecule has 0 bridgehead atoms. The molecule has 0 amide bonds. The molecule has 2 atom stereocenters. The molecule has 10 heteroatoms. The van der Waals surface area contributed by atoms with E-state index < -0.39 is 39.7 Å². The van der Waals surface area contributed by atoms with Crippen LogP contribution in [0.3, 0.4) is 0 Å². The molecule has 5 N–H and O–H groups in total. The van der Waals surface area contributed by atoms with E-state index in [0.29, 0.717) is 13.0 Å². The van der Waals surface area contributed by atoms with E-state index in [4.69, 9.17) is 11.5 Å². The maximum absolute atomic E-state index is 15.4. The van der Waals surface area contributed by atoms with Crippen molar-refractivity contribution in [2.75, 3.05) is 23.7 Å². The molecule has 0 saturated carbocycles. The van der Waals surface area contributed by atoms with Gasteiger partial charge >= 0.3 is 5.97 Å². The molecule has 7 nitrogen and oxygen atoms in total. The minimum absolute atomic E-state index is 0.150. The summed E-state index contributed by atoms with van der Waals surface area (Å²) in [7, 11) is 0. The van der Waals surface area contributed by atoms with Crippen LogP contribution in [0.15, 0.2) is 9.82 Å². The summed E-state index contributed by atoms with van der Waals surface area (Å²) in [4.78, 5) is 25.6. The van der Waals surface area contributed by atoms with E-state index in [2.05, 4.69) is 0 Å². The molecule has 0 spiro atoms. The van der Waals surface area contributed by atoms with Gasteiger partial charge in [0.15, 0.2) is 11.6 Å². The molecule has 2 aliphatic heterocycles. The van der Waals surface area contributed by atoms with Gasteiger partial charge in [-0.2, -0.15) is 0 Å². The van der Waals surface area contributed by atoms with E-state index in [0.717, 1.165) is 11.8 Å². The molecule has 2 aromatic rings. The lowest BCUT2D eigenvalue weighted by Crippen LogP contribution is -2.31. The van der Waals surface area contributed by atoms with Crippen LogP contribution in [-0.2, 0) is 0 Å². The number of nitrogens with zero attached hydrogens (tertiary/aromatic N) is 2. The Bertz CT molecular complexity index is 1040. The van der Waals surface area contributed by atoms with Gasteiger partial charge in [0.05, 0.1) is 27.0 Å². The van der Waals surface area contributed by atoms with Crippen LogP contribution in [0.1, 0.15) is 29.1 Å². The zero-order valence-corrected chi connectivity index (χ0v) is 14.6. The normalized spacial score (nSPS) is 21.8. The smallest absolute Gasteiger partial charge is 0.342 e. The van der Waals surface area contributed by atoms with Crippen LogP contribution < -0.4 is 21.8 Å². The first-order valence-electron chi connectivity index (χ1n) is 8.03. The van der Waals surface area contributed by atoms with Gasteiger partial charge < -0.3 is 26.0 Å². The molecule has 2 unspecified atom stereocenters. The van der Waals surface area contributed by atoms with Gasteiger partial charge in [-0.05, 0) is 13.3 Å². The third-order valence-electron chi connectivity index (χ3n) is 4.89. The van der Waals surface area contributed by atoms with Crippen LogP contribution >= 0.6 is 11.8 Å². The number of benzene rings is 1. The van der Waals surface area contributed by atoms with Gasteiger partial charge in [-0.15, -0.1) is 0 Å². The first-order valence-corrected chi connectivity index (χ1v) is 8.91. The largest absolute Gasteiger partial charge is 0.477 e. The summed E-state index contributed by atoms with van der Waals surface area (Å²) in [6.45, 7) is 2.37. The van der Waals surface area contributed by atoms with Crippen LogP contribution in [0, 0.1) is 11.6 Å². The van der Waals surface area contributed by atoms with Crippen molar-refractivity contribution in [1.82, 2.24) is 4.57 Å². The average molecular weight is 382 g/mol. The maximum Gasteiger partial charge on any atom is 0.342 e. The first kappa shape index (κ1) is 17.1. The van der Waals surface area contributed by atoms with E-state index in [1.54, 1.807) is 6.92 Å². The van der Waals surface area contributed by atoms with Crippen molar-refractivity contribution < 1.29 is 18.7 Å². The Labute approximate surface area is 150 Å². The quantitative estimate of drug-likeness (QED) is 0.678. The number of anilines is 2. The highest BCUT2D eigenvalue weighted by Crippen LogP contribution is 2.48. The molecule has 138 valence electrons. The predicted octanol–water partition coefficient (Wildman–Crippen LogP) is 1.72. The fourth-order valence-corrected chi connectivity index (χ4v) is 4.81. The minimum Gasteiger partial charge on any atom is -0.477 e. The molecule has 0 radical (unpaired) electrons. The van der Waals surface area contributed by atoms with Crippen molar-refractivity contribution in [3.63, 3.8) is 0 Å². The lowest BCUT2D eigenvalue weighted by Gasteiger charge is -2.34. The van der Waals surface area contributed by atoms with Gasteiger partial charge in [-0.3, -0.25) is 4.79 Å². The number of aromatic nitrogens is 1. The van der Waals surface area contributed by atoms with Crippen LogP contribution in [-0.4, -0.2) is 34.8 Å². The molecule has 1 fully saturated rings. The van der Waals surface area contributed by atoms with Crippen molar-refractivity contribution >= 4 is 40.0 Å². The summed E-state index contributed by atoms with van der Waals surface area (Å²) in [6.07, 6.45) is 0.582. The Kier molecular flexibility index (Phi) is 3.67. The predicted molar refractivity (Wildman–Crippen MR) is 94.9 cm³/mol. The molecule has 4 rings (SSSR count). The van der Waals surface area contributed by atoms with Crippen molar-refractivity contribution in [3.8, 4) is 0 Å². The van der Waals surface area contributed by atoms with Gasteiger partial charge in [0, 0.05) is 19.1 Å². The number of hydrogen-bond acceptors (Lipinski definition) is 6. The van der Waals surface area contributed by atoms with Gasteiger partial charge in [-0.25, -0.2) is 13.6 Å². The highest BCUT2D eigenvalue weighted by molar-refractivity contribution is 8.00. The number of pyridine rings is 1. The Morgan fingerprint density at radius 2 is 2.04 bits per heavy atom. The molecule has 1 saturated heterocycles. The fraction of sp³-hybridized carbons (Fsp3) is 0.375. The molecular formula is C16H16F2N4O3S. The number of rotatable bonds is 2. The van der Waals surface area contributed by atoms with Gasteiger partial charge in [0.25, 0.3) is 0 Å². The average Bonchev–Trinajstić information content (AvgIpc) is 2.97. The van der Waals surface area contributed by atoms with Crippen molar-refractivity contribution in [3.05, 3.63) is 27.4 Å². The number of nitrogens with two attached hydrogens (primary N) is 2. The topological polar surface area (TPSA) is 115 Å². The summed E-state index contributed by atoms with van der Waals surface area (Å²) in [5.74, 6) is -3.42. The van der Waals surface area contributed by atoms with E-state index in [1.165, 1.54) is 9.47 Å². The Morgan fingerprint density at radius 1 is 1.35 bits per heavy atom. The van der Waals surface area contributed by atoms with Gasteiger partial charge in [0.1, 0.15) is 11.3 Å². The lowest BCUT2D eigenvalue weighted by molar-refractivity contribution is 0.0689. The third kappa shape index (κ3) is 2.08. The van der Waals surface area contributed by atoms with Gasteiger partial charge in [0.2, 0.25) is 5.43 Å². The van der Waals surface area contributed by atoms with Crippen molar-refractivity contribution in [1.29, 1.82) is 0 Å². The monoisotopic (exact) mass is 382 g/mol. The molecule has 2 aliphatic rings. The highest BCUT2D eigenvalue weighted by atomic mass is 32.2. The SMILES string of the molecule is CC1Sc2c(C(=O)O)c(=O)c3c(N)c(F)c(N4CCC(N)C4)c(F)c3n21. The molecule has 26 heavy (non-hydrogen) atoms. The fourth-order valence-electron chi connectivity index (χ4n) is 3.67. The molecule has 0 aliphatic carbocycles. The second kappa shape index (κ2) is 5.58. The first-order chi connectivity index (χ1) is 12.2. The lowest BCUT2D eigenvalue weighted by atomic mass is 10.1. The second-order valence-corrected chi connectivity index (χ2v) is 7.81. The van der Waals surface area contributed by atoms with Crippen LogP contribution in [0.25, 0.3) is 10.9 Å². The maximum atomic E-state index is 15.4. The standard InChI is InChI=1S/C16H16F2N4O3S/c1-5-22-12-7(14(23)8(16(24)25)15(22)26-5)11(20)9(17)13(10(12)18)21-3-2-6(19)4-21/h5-6H,2-4,19-20H2,1H3,(H,24,25). The number of thioether (sulfide) groups is 1. The number of nitrogen functional groups attached to an aromatic ring is 1. The summed E-state index contributed by atoms with van der Waals surface area (Å²) in [6, 6.07) is -0.208. The van der Waals surface area contributed by atoms with Crippen molar-refractivity contribution in [2.24, 2.45) is 5.73 Å². The zero-order chi connectivity index (χ0) is 18.9. The van der Waals surface area contributed by atoms with Crippen LogP contribution in [0.2, 0.25) is 0 Å². The molecule has 3 heterocycles. The zero-order valence-electron chi connectivity index (χ0n) is 13.8. The Balaban J connectivity index is 2.13. The number of carboxylic acid groups (broad SMARTS) is 1. The Morgan fingerprint density at radius 3 is 2.58 bits per heavy atom. The number of carbonyl (C=O) groups is 1. The number of halogens is 2. The second-order valence-electron chi connectivity index (χ2n) is 6.51. The van der Waals surface area contributed by atoms with E-state index in [-0.39, 0.29) is 34.2 Å². The molecule has 1 aromatic carbocycles. The number of carboxylic acids is 1. The molecular weight excluding hydrogens is 366 g/mol. The van der Waals surface area contributed by atoms with Crippen LogP contribution in [0.5, 0.6) is 0 Å². The third-order valence-corrected chi connectivity index (χ3v) is 6.07. The summed E-state index contributed by atoms with van der Waals surface area (Å²) in [5.41, 5.74) is 9.18. The number of hydrogen-bond donors (Lipinski definition) is 3. The highest BCUT2D eigenvalue weighted by Gasteiger charge is 2.37. The van der Waals surface area contributed by atoms with E-state index >= 15 is 4.39 Å². The van der Waals surface area contributed by atoms with Gasteiger partial charge in [-0.1, -0.05) is 11.8 Å². The summed E-state index contributed by atoms with van der Waals surface area (Å²) >= 11 is 1.14. The van der Waals surface area contributed by atoms with E-state index in [9.17, 15) is 19.1 Å². The Hall–Kier alpha value is -2.33. The summed E-state index contributed by atoms with van der Waals surface area (Å²) < 4.78 is 31.6. The van der Waals surface area contributed by atoms with Crippen LogP contribution in [0.4, 0.5) is 20.2 Å². The number of fused-ring (bicyclic) bond motifs is 3.